The molecule has 0 aliphatic rings. The minimum absolute atomic E-state index is 0.0999. The van der Waals surface area contributed by atoms with Crippen LogP contribution in [0.15, 0.2) is 24.5 Å². The van der Waals surface area contributed by atoms with E-state index in [0.717, 1.165) is 17.8 Å². The van der Waals surface area contributed by atoms with Crippen molar-refractivity contribution in [2.75, 3.05) is 20.3 Å². The average molecular weight is 247 g/mol. The Morgan fingerprint density at radius 3 is 3.06 bits per heavy atom. The number of fused-ring (bicyclic) bond motifs is 1. The second kappa shape index (κ2) is 5.64. The zero-order chi connectivity index (χ0) is 13.0. The molecule has 0 aromatic carbocycles. The van der Waals surface area contributed by atoms with Crippen molar-refractivity contribution < 1.29 is 9.53 Å². The topological polar surface area (TPSA) is 55.6 Å². The van der Waals surface area contributed by atoms with Crippen molar-refractivity contribution in [3.05, 3.63) is 35.8 Å². The molecule has 0 spiro atoms. The molecule has 0 aliphatic carbocycles. The molecule has 0 saturated carbocycles. The highest BCUT2D eigenvalue weighted by atomic mass is 16.5. The second-order valence-electron chi connectivity index (χ2n) is 4.24. The van der Waals surface area contributed by atoms with E-state index in [9.17, 15) is 4.79 Å². The molecule has 0 fully saturated rings. The molecule has 2 aromatic rings. The van der Waals surface area contributed by atoms with E-state index in [1.165, 1.54) is 12.7 Å². The average Bonchev–Trinajstić information content (AvgIpc) is 2.71. The standard InChI is InChI=1S/C13H17N3O2/c1-10-3-4-12-15-11(8-16(12)7-10)5-6-14-13(17)9-18-2/h3-4,7-8H,5-6,9H2,1-2H3,(H,14,17). The quantitative estimate of drug-likeness (QED) is 0.855. The number of imidazole rings is 1. The van der Waals surface area contributed by atoms with Crippen molar-refractivity contribution >= 4 is 11.6 Å². The number of hydrogen-bond acceptors (Lipinski definition) is 3. The van der Waals surface area contributed by atoms with Crippen LogP contribution in [0, 0.1) is 6.92 Å². The van der Waals surface area contributed by atoms with Crippen molar-refractivity contribution in [3.8, 4) is 0 Å². The van der Waals surface area contributed by atoms with Crippen LogP contribution < -0.4 is 5.32 Å². The molecule has 2 aromatic heterocycles. The molecular formula is C13H17N3O2. The van der Waals surface area contributed by atoms with Crippen molar-refractivity contribution in [2.45, 2.75) is 13.3 Å². The van der Waals surface area contributed by atoms with Crippen LogP contribution in [0.5, 0.6) is 0 Å². The van der Waals surface area contributed by atoms with Gasteiger partial charge >= 0.3 is 0 Å². The third-order valence-corrected chi connectivity index (χ3v) is 2.63. The second-order valence-corrected chi connectivity index (χ2v) is 4.24. The van der Waals surface area contributed by atoms with E-state index in [0.29, 0.717) is 6.54 Å². The number of carbonyl (C=O) groups excluding carboxylic acids is 1. The Hall–Kier alpha value is -1.88. The van der Waals surface area contributed by atoms with Crippen LogP contribution in [-0.4, -0.2) is 35.6 Å². The highest BCUT2D eigenvalue weighted by Gasteiger charge is 2.03. The highest BCUT2D eigenvalue weighted by molar-refractivity contribution is 5.77. The molecule has 18 heavy (non-hydrogen) atoms. The van der Waals surface area contributed by atoms with Crippen LogP contribution in [-0.2, 0) is 16.0 Å². The number of amides is 1. The lowest BCUT2D eigenvalue weighted by Gasteiger charge is -2.01. The Balaban J connectivity index is 1.94. The van der Waals surface area contributed by atoms with E-state index in [1.807, 2.05) is 35.9 Å². The number of nitrogens with zero attached hydrogens (tertiary/aromatic N) is 2. The van der Waals surface area contributed by atoms with Gasteiger partial charge in [0.25, 0.3) is 0 Å². The van der Waals surface area contributed by atoms with E-state index in [2.05, 4.69) is 10.3 Å². The van der Waals surface area contributed by atoms with Gasteiger partial charge in [0.15, 0.2) is 0 Å². The van der Waals surface area contributed by atoms with Crippen molar-refractivity contribution in [1.82, 2.24) is 14.7 Å². The number of pyridine rings is 1. The third kappa shape index (κ3) is 3.07. The van der Waals surface area contributed by atoms with Gasteiger partial charge in [0.2, 0.25) is 5.91 Å². The Bertz CT molecular complexity index is 548. The number of rotatable bonds is 5. The summed E-state index contributed by atoms with van der Waals surface area (Å²) in [6.07, 6.45) is 4.75. The lowest BCUT2D eigenvalue weighted by atomic mass is 10.3. The van der Waals surface area contributed by atoms with Gasteiger partial charge in [-0.1, -0.05) is 6.07 Å². The van der Waals surface area contributed by atoms with Gasteiger partial charge < -0.3 is 14.5 Å². The predicted octanol–water partition coefficient (Wildman–Crippen LogP) is 0.948. The van der Waals surface area contributed by atoms with Crippen molar-refractivity contribution in [1.29, 1.82) is 0 Å². The number of ether oxygens (including phenoxy) is 1. The highest BCUT2D eigenvalue weighted by Crippen LogP contribution is 2.07. The molecule has 0 bridgehead atoms. The van der Waals surface area contributed by atoms with E-state index in [1.54, 1.807) is 0 Å². The summed E-state index contributed by atoms with van der Waals surface area (Å²) in [4.78, 5) is 15.7. The lowest BCUT2D eigenvalue weighted by Crippen LogP contribution is -2.29. The van der Waals surface area contributed by atoms with Gasteiger partial charge in [0.05, 0.1) is 5.69 Å². The fourth-order valence-corrected chi connectivity index (χ4v) is 1.79. The molecule has 0 aliphatic heterocycles. The van der Waals surface area contributed by atoms with E-state index < -0.39 is 0 Å². The van der Waals surface area contributed by atoms with Gasteiger partial charge in [-0.15, -0.1) is 0 Å². The summed E-state index contributed by atoms with van der Waals surface area (Å²) >= 11 is 0. The molecule has 96 valence electrons. The smallest absolute Gasteiger partial charge is 0.245 e. The van der Waals surface area contributed by atoms with Crippen molar-refractivity contribution in [2.24, 2.45) is 0 Å². The van der Waals surface area contributed by atoms with E-state index in [4.69, 9.17) is 4.74 Å². The summed E-state index contributed by atoms with van der Waals surface area (Å²) < 4.78 is 6.74. The monoisotopic (exact) mass is 247 g/mol. The van der Waals surface area contributed by atoms with Crippen LogP contribution in [0.25, 0.3) is 5.65 Å². The molecule has 2 heterocycles. The summed E-state index contributed by atoms with van der Waals surface area (Å²) in [6, 6.07) is 4.02. The van der Waals surface area contributed by atoms with Gasteiger partial charge in [0, 0.05) is 32.5 Å². The molecule has 0 atom stereocenters. The zero-order valence-electron chi connectivity index (χ0n) is 10.6. The number of methoxy groups -OCH3 is 1. The third-order valence-electron chi connectivity index (χ3n) is 2.63. The van der Waals surface area contributed by atoms with Gasteiger partial charge in [-0.2, -0.15) is 0 Å². The lowest BCUT2D eigenvalue weighted by molar-refractivity contribution is -0.124. The number of aromatic nitrogens is 2. The number of carbonyl (C=O) groups is 1. The Labute approximate surface area is 106 Å². The molecule has 2 rings (SSSR count). The summed E-state index contributed by atoms with van der Waals surface area (Å²) in [6.45, 7) is 2.72. The first-order chi connectivity index (χ1) is 8.69. The summed E-state index contributed by atoms with van der Waals surface area (Å²) in [5, 5.41) is 2.77. The maximum absolute atomic E-state index is 11.2. The molecule has 0 radical (unpaired) electrons. The number of hydrogen-bond donors (Lipinski definition) is 1. The molecule has 1 amide bonds. The molecule has 5 heteroatoms. The van der Waals surface area contributed by atoms with E-state index >= 15 is 0 Å². The normalized spacial score (nSPS) is 10.8. The van der Waals surface area contributed by atoms with Crippen LogP contribution in [0.4, 0.5) is 0 Å². The fraction of sp³-hybridized carbons (Fsp3) is 0.385. The minimum Gasteiger partial charge on any atom is -0.375 e. The fourth-order valence-electron chi connectivity index (χ4n) is 1.79. The first-order valence-electron chi connectivity index (χ1n) is 5.89. The summed E-state index contributed by atoms with van der Waals surface area (Å²) in [5.41, 5.74) is 3.09. The Morgan fingerprint density at radius 1 is 1.44 bits per heavy atom. The van der Waals surface area contributed by atoms with E-state index in [-0.39, 0.29) is 12.5 Å². The van der Waals surface area contributed by atoms with Crippen LogP contribution in [0.2, 0.25) is 0 Å². The van der Waals surface area contributed by atoms with Crippen LogP contribution in [0.1, 0.15) is 11.3 Å². The summed E-state index contributed by atoms with van der Waals surface area (Å²) in [7, 11) is 1.50. The van der Waals surface area contributed by atoms with Gasteiger partial charge in [-0.05, 0) is 18.6 Å². The Kier molecular flexibility index (Phi) is 3.94. The number of aryl methyl sites for hydroxylation is 1. The van der Waals surface area contributed by atoms with Gasteiger partial charge in [-0.25, -0.2) is 4.98 Å². The Morgan fingerprint density at radius 2 is 2.28 bits per heavy atom. The van der Waals surface area contributed by atoms with Crippen molar-refractivity contribution in [3.63, 3.8) is 0 Å². The first kappa shape index (κ1) is 12.6. The number of nitrogens with one attached hydrogen (secondary N) is 1. The first-order valence-corrected chi connectivity index (χ1v) is 5.89. The molecule has 1 N–H and O–H groups in total. The molecule has 5 nitrogen and oxygen atoms in total. The predicted molar refractivity (Wildman–Crippen MR) is 68.5 cm³/mol. The molecule has 0 unspecified atom stereocenters. The molecular weight excluding hydrogens is 230 g/mol. The zero-order valence-corrected chi connectivity index (χ0v) is 10.6. The largest absolute Gasteiger partial charge is 0.375 e. The van der Waals surface area contributed by atoms with Gasteiger partial charge in [0.1, 0.15) is 12.3 Å². The molecule has 0 saturated heterocycles. The maximum atomic E-state index is 11.2. The SMILES string of the molecule is COCC(=O)NCCc1cn2cc(C)ccc2n1. The minimum atomic E-state index is -0.0999. The van der Waals surface area contributed by atoms with Crippen LogP contribution in [0.3, 0.4) is 0 Å². The van der Waals surface area contributed by atoms with Gasteiger partial charge in [-0.3, -0.25) is 4.79 Å². The summed E-state index contributed by atoms with van der Waals surface area (Å²) in [5.74, 6) is -0.0999. The van der Waals surface area contributed by atoms with Crippen LogP contribution >= 0.6 is 0 Å². The maximum Gasteiger partial charge on any atom is 0.245 e.